The van der Waals surface area contributed by atoms with E-state index in [0.717, 1.165) is 18.8 Å². The summed E-state index contributed by atoms with van der Waals surface area (Å²) < 4.78 is 0. The highest BCUT2D eigenvalue weighted by atomic mass is 14.2. The quantitative estimate of drug-likeness (QED) is 0.333. The van der Waals surface area contributed by atoms with Gasteiger partial charge in [0.1, 0.15) is 0 Å². The summed E-state index contributed by atoms with van der Waals surface area (Å²) in [5.74, 6) is 1.26. The van der Waals surface area contributed by atoms with Crippen molar-refractivity contribution in [3.8, 4) is 11.1 Å². The van der Waals surface area contributed by atoms with Crippen molar-refractivity contribution in [3.63, 3.8) is 0 Å². The number of aryl methyl sites for hydroxylation is 1. The normalized spacial score (nSPS) is 14.6. The van der Waals surface area contributed by atoms with Crippen molar-refractivity contribution in [2.24, 2.45) is 5.92 Å². The molecular weight excluding hydrogens is 384 g/mol. The molecule has 3 aromatic rings. The van der Waals surface area contributed by atoms with Crippen LogP contribution >= 0.6 is 0 Å². The summed E-state index contributed by atoms with van der Waals surface area (Å²) in [5, 5.41) is 0. The van der Waals surface area contributed by atoms with Crippen LogP contribution in [0.15, 0.2) is 78.9 Å². The van der Waals surface area contributed by atoms with Crippen molar-refractivity contribution in [2.75, 3.05) is 0 Å². The van der Waals surface area contributed by atoms with E-state index in [1.54, 1.807) is 5.56 Å². The lowest BCUT2D eigenvalue weighted by molar-refractivity contribution is 0.443. The molecule has 3 aromatic carbocycles. The summed E-state index contributed by atoms with van der Waals surface area (Å²) in [7, 11) is 0. The Bertz CT molecular complexity index is 1030. The number of allylic oxidation sites excluding steroid dienone is 1. The number of rotatable bonds is 7. The summed E-state index contributed by atoms with van der Waals surface area (Å²) in [6, 6.07) is 25.6. The molecule has 1 aliphatic rings. The fourth-order valence-corrected chi connectivity index (χ4v) is 4.88. The zero-order chi connectivity index (χ0) is 22.5. The molecule has 0 nitrogen and oxygen atoms in total. The van der Waals surface area contributed by atoms with E-state index in [-0.39, 0.29) is 0 Å². The zero-order valence-corrected chi connectivity index (χ0v) is 20.2. The molecule has 0 heteroatoms. The molecule has 0 aromatic heterocycles. The fraction of sp³-hybridized carbons (Fsp3) is 0.375. The summed E-state index contributed by atoms with van der Waals surface area (Å²) in [5.41, 5.74) is 11.1. The minimum Gasteiger partial charge on any atom is -0.0993 e. The third-order valence-corrected chi connectivity index (χ3v) is 7.16. The van der Waals surface area contributed by atoms with Crippen LogP contribution in [0.5, 0.6) is 0 Å². The van der Waals surface area contributed by atoms with E-state index in [1.807, 2.05) is 0 Å². The van der Waals surface area contributed by atoms with Crippen LogP contribution in [0.1, 0.15) is 79.7 Å². The molecule has 0 saturated heterocycles. The van der Waals surface area contributed by atoms with Crippen LogP contribution in [0.3, 0.4) is 0 Å². The van der Waals surface area contributed by atoms with Gasteiger partial charge >= 0.3 is 0 Å². The van der Waals surface area contributed by atoms with Crippen LogP contribution < -0.4 is 0 Å². The van der Waals surface area contributed by atoms with Crippen molar-refractivity contribution in [1.29, 1.82) is 0 Å². The molecule has 0 aliphatic heterocycles. The average Bonchev–Trinajstić information content (AvgIpc) is 2.81. The minimum absolute atomic E-state index is 0.539. The molecule has 1 aliphatic carbocycles. The molecule has 0 bridgehead atoms. The van der Waals surface area contributed by atoms with Crippen LogP contribution in [0, 0.1) is 12.8 Å². The average molecular weight is 423 g/mol. The number of benzene rings is 3. The molecule has 0 N–H and O–H groups in total. The van der Waals surface area contributed by atoms with Gasteiger partial charge in [-0.1, -0.05) is 118 Å². The molecule has 32 heavy (non-hydrogen) atoms. The zero-order valence-electron chi connectivity index (χ0n) is 20.2. The minimum atomic E-state index is 0.539. The van der Waals surface area contributed by atoms with Crippen molar-refractivity contribution in [2.45, 2.75) is 71.6 Å². The Kier molecular flexibility index (Phi) is 7.30. The largest absolute Gasteiger partial charge is 0.0993 e. The summed E-state index contributed by atoms with van der Waals surface area (Å²) >= 11 is 0. The van der Waals surface area contributed by atoms with Crippen molar-refractivity contribution >= 4 is 0 Å². The molecule has 166 valence electrons. The summed E-state index contributed by atoms with van der Waals surface area (Å²) in [4.78, 5) is 0. The second-order valence-corrected chi connectivity index (χ2v) is 10.1. The standard InChI is InChI=1S/C32H38/c1-23(2)25(4)18-26-12-14-27(15-13-26)19-28-20-31(29-8-6-5-7-9-29)22-32(21-28)30-16-10-24(3)11-17-30/h10-17,20-23,29H,4-9,18-19H2,1-3H3. The molecule has 4 rings (SSSR count). The van der Waals surface area contributed by atoms with E-state index in [2.05, 4.69) is 94.1 Å². The Balaban J connectivity index is 1.60. The SMILES string of the molecule is C=C(Cc1ccc(Cc2cc(-c3ccc(C)cc3)cc(C3CCCCC3)c2)cc1)C(C)C. The van der Waals surface area contributed by atoms with Gasteiger partial charge in [0.2, 0.25) is 0 Å². The van der Waals surface area contributed by atoms with E-state index in [1.165, 1.54) is 71.1 Å². The Morgan fingerprint density at radius 1 is 0.781 bits per heavy atom. The predicted octanol–water partition coefficient (Wildman–Crippen LogP) is 9.06. The smallest absolute Gasteiger partial charge is 0.00254 e. The molecular formula is C32H38. The molecule has 0 spiro atoms. The maximum absolute atomic E-state index is 4.24. The van der Waals surface area contributed by atoms with E-state index in [9.17, 15) is 0 Å². The first-order valence-corrected chi connectivity index (χ1v) is 12.4. The van der Waals surface area contributed by atoms with Gasteiger partial charge in [0.05, 0.1) is 0 Å². The number of hydrogen-bond donors (Lipinski definition) is 0. The van der Waals surface area contributed by atoms with Gasteiger partial charge in [-0.2, -0.15) is 0 Å². The van der Waals surface area contributed by atoms with E-state index >= 15 is 0 Å². The van der Waals surface area contributed by atoms with Crippen LogP contribution in [0.25, 0.3) is 11.1 Å². The maximum Gasteiger partial charge on any atom is -0.00254 e. The van der Waals surface area contributed by atoms with E-state index < -0.39 is 0 Å². The van der Waals surface area contributed by atoms with Gasteiger partial charge in [-0.3, -0.25) is 0 Å². The molecule has 0 radical (unpaired) electrons. The lowest BCUT2D eigenvalue weighted by atomic mass is 9.82. The highest BCUT2D eigenvalue weighted by Gasteiger charge is 2.17. The molecule has 0 amide bonds. The third kappa shape index (κ3) is 5.80. The van der Waals surface area contributed by atoms with Gasteiger partial charge in [-0.15, -0.1) is 0 Å². The van der Waals surface area contributed by atoms with Gasteiger partial charge in [0, 0.05) is 0 Å². The van der Waals surface area contributed by atoms with Crippen LogP contribution in [-0.2, 0) is 12.8 Å². The number of hydrogen-bond acceptors (Lipinski definition) is 0. The van der Waals surface area contributed by atoms with Gasteiger partial charge in [0.15, 0.2) is 0 Å². The molecule has 0 heterocycles. The summed E-state index contributed by atoms with van der Waals surface area (Å²) in [6.07, 6.45) is 8.79. The highest BCUT2D eigenvalue weighted by Crippen LogP contribution is 2.36. The second-order valence-electron chi connectivity index (χ2n) is 10.1. The topological polar surface area (TPSA) is 0 Å². The van der Waals surface area contributed by atoms with Gasteiger partial charge in [-0.25, -0.2) is 0 Å². The first kappa shape index (κ1) is 22.6. The highest BCUT2D eigenvalue weighted by molar-refractivity contribution is 5.66. The Morgan fingerprint density at radius 2 is 1.44 bits per heavy atom. The Hall–Kier alpha value is -2.60. The lowest BCUT2D eigenvalue weighted by Crippen LogP contribution is -2.05. The van der Waals surface area contributed by atoms with Crippen molar-refractivity contribution in [3.05, 3.63) is 107 Å². The Morgan fingerprint density at radius 3 is 2.09 bits per heavy atom. The second kappa shape index (κ2) is 10.3. The van der Waals surface area contributed by atoms with E-state index in [0.29, 0.717) is 5.92 Å². The van der Waals surface area contributed by atoms with Gasteiger partial charge in [0.25, 0.3) is 0 Å². The summed E-state index contributed by atoms with van der Waals surface area (Å²) in [6.45, 7) is 10.8. The molecule has 0 atom stereocenters. The van der Waals surface area contributed by atoms with Gasteiger partial charge in [-0.05, 0) is 77.8 Å². The fourth-order valence-electron chi connectivity index (χ4n) is 4.88. The van der Waals surface area contributed by atoms with Crippen LogP contribution in [0.2, 0.25) is 0 Å². The van der Waals surface area contributed by atoms with E-state index in [4.69, 9.17) is 0 Å². The maximum atomic E-state index is 4.24. The lowest BCUT2D eigenvalue weighted by Gasteiger charge is -2.23. The predicted molar refractivity (Wildman–Crippen MR) is 139 cm³/mol. The first-order chi connectivity index (χ1) is 15.5. The molecule has 0 unspecified atom stereocenters. The van der Waals surface area contributed by atoms with Crippen LogP contribution in [0.4, 0.5) is 0 Å². The Labute approximate surface area is 195 Å². The monoisotopic (exact) mass is 422 g/mol. The van der Waals surface area contributed by atoms with Crippen molar-refractivity contribution < 1.29 is 0 Å². The molecule has 1 fully saturated rings. The van der Waals surface area contributed by atoms with Crippen molar-refractivity contribution in [1.82, 2.24) is 0 Å². The first-order valence-electron chi connectivity index (χ1n) is 12.4. The molecule has 1 saturated carbocycles. The van der Waals surface area contributed by atoms with Gasteiger partial charge < -0.3 is 0 Å². The third-order valence-electron chi connectivity index (χ3n) is 7.16. The van der Waals surface area contributed by atoms with Crippen LogP contribution in [-0.4, -0.2) is 0 Å².